The van der Waals surface area contributed by atoms with Crippen molar-refractivity contribution >= 4 is 22.3 Å². The topological polar surface area (TPSA) is 47.5 Å². The van der Waals surface area contributed by atoms with Crippen LogP contribution in [-0.2, 0) is 13.1 Å². The lowest BCUT2D eigenvalue weighted by Crippen LogP contribution is -2.44. The van der Waals surface area contributed by atoms with Gasteiger partial charge in [-0.2, -0.15) is 0 Å². The first-order valence-corrected chi connectivity index (χ1v) is 9.14. The number of rotatable bonds is 6. The van der Waals surface area contributed by atoms with E-state index in [2.05, 4.69) is 44.3 Å². The Morgan fingerprint density at radius 2 is 1.96 bits per heavy atom. The monoisotopic (exact) mass is 346 g/mol. The van der Waals surface area contributed by atoms with E-state index < -0.39 is 0 Å². The molecule has 6 nitrogen and oxygen atoms in total. The molecule has 2 aromatic heterocycles. The van der Waals surface area contributed by atoms with Crippen LogP contribution in [0.25, 0.3) is 0 Å². The smallest absolute Gasteiger partial charge is 0.185 e. The molecule has 2 aromatic rings. The van der Waals surface area contributed by atoms with Gasteiger partial charge in [-0.1, -0.05) is 0 Å². The summed E-state index contributed by atoms with van der Waals surface area (Å²) < 4.78 is 0. The summed E-state index contributed by atoms with van der Waals surface area (Å²) in [5.74, 6) is 1.09. The van der Waals surface area contributed by atoms with Crippen LogP contribution in [0.15, 0.2) is 24.5 Å². The number of hydrogen-bond acceptors (Lipinski definition) is 7. The number of pyridine rings is 1. The van der Waals surface area contributed by atoms with Gasteiger partial charge in [-0.25, -0.2) is 9.97 Å². The highest BCUT2D eigenvalue weighted by Crippen LogP contribution is 2.20. The molecule has 7 heteroatoms. The number of thiazole rings is 1. The van der Waals surface area contributed by atoms with Crippen molar-refractivity contribution in [3.63, 3.8) is 0 Å². The maximum Gasteiger partial charge on any atom is 0.185 e. The molecule has 0 saturated carbocycles. The number of aromatic nitrogens is 2. The lowest BCUT2D eigenvalue weighted by molar-refractivity contribution is 0.312. The molecule has 0 aliphatic carbocycles. The van der Waals surface area contributed by atoms with Crippen LogP contribution >= 0.6 is 11.3 Å². The van der Waals surface area contributed by atoms with Crippen LogP contribution < -0.4 is 15.1 Å². The number of hydrogen-bond donors (Lipinski definition) is 1. The van der Waals surface area contributed by atoms with E-state index in [1.54, 1.807) is 11.3 Å². The fourth-order valence-corrected chi connectivity index (χ4v) is 3.50. The van der Waals surface area contributed by atoms with Crippen LogP contribution in [0.5, 0.6) is 0 Å². The van der Waals surface area contributed by atoms with Crippen molar-refractivity contribution in [2.75, 3.05) is 57.1 Å². The van der Waals surface area contributed by atoms with Crippen molar-refractivity contribution in [1.82, 2.24) is 20.2 Å². The van der Waals surface area contributed by atoms with Crippen LogP contribution in [0.4, 0.5) is 10.9 Å². The van der Waals surface area contributed by atoms with Gasteiger partial charge in [-0.3, -0.25) is 0 Å². The fourth-order valence-electron chi connectivity index (χ4n) is 2.69. The Bertz CT molecular complexity index is 648. The molecule has 0 atom stereocenters. The van der Waals surface area contributed by atoms with Crippen molar-refractivity contribution in [1.29, 1.82) is 0 Å². The van der Waals surface area contributed by atoms with Crippen LogP contribution in [0, 0.1) is 0 Å². The van der Waals surface area contributed by atoms with Gasteiger partial charge in [0.05, 0.1) is 0 Å². The third kappa shape index (κ3) is 4.43. The predicted molar refractivity (Wildman–Crippen MR) is 101 cm³/mol. The zero-order valence-electron chi connectivity index (χ0n) is 14.7. The van der Waals surface area contributed by atoms with E-state index in [9.17, 15) is 0 Å². The molecule has 0 amide bonds. The normalized spacial score (nSPS) is 15.7. The fraction of sp³-hybridized carbons (Fsp3) is 0.529. The van der Waals surface area contributed by atoms with Gasteiger partial charge >= 0.3 is 0 Å². The molecule has 0 bridgehead atoms. The predicted octanol–water partition coefficient (Wildman–Crippen LogP) is 1.65. The highest BCUT2D eigenvalue weighted by atomic mass is 32.1. The van der Waals surface area contributed by atoms with Crippen molar-refractivity contribution in [2.45, 2.75) is 13.1 Å². The summed E-state index contributed by atoms with van der Waals surface area (Å²) in [4.78, 5) is 17.0. The quantitative estimate of drug-likeness (QED) is 0.858. The number of piperazine rings is 1. The van der Waals surface area contributed by atoms with E-state index >= 15 is 0 Å². The van der Waals surface area contributed by atoms with Gasteiger partial charge in [0.2, 0.25) is 0 Å². The minimum Gasteiger partial charge on any atom is -0.354 e. The largest absolute Gasteiger partial charge is 0.354 e. The summed E-state index contributed by atoms with van der Waals surface area (Å²) in [7, 11) is 6.21. The zero-order chi connectivity index (χ0) is 16.9. The standard InChI is InChI=1S/C17H26N6S/c1-21(2)17-20-13-15(24-17)12-18-11-14-4-5-19-16(10-14)23-8-6-22(3)7-9-23/h4-5,10,13,18H,6-9,11-12H2,1-3H3. The molecule has 1 aliphatic rings. The summed E-state index contributed by atoms with van der Waals surface area (Å²) >= 11 is 1.73. The third-order valence-electron chi connectivity index (χ3n) is 4.19. The van der Waals surface area contributed by atoms with Gasteiger partial charge in [-0.05, 0) is 24.7 Å². The highest BCUT2D eigenvalue weighted by Gasteiger charge is 2.15. The second-order valence-corrected chi connectivity index (χ2v) is 7.51. The number of nitrogens with one attached hydrogen (secondary N) is 1. The molecule has 1 N–H and O–H groups in total. The molecule has 1 saturated heterocycles. The van der Waals surface area contributed by atoms with E-state index in [1.807, 2.05) is 31.4 Å². The van der Waals surface area contributed by atoms with E-state index in [4.69, 9.17) is 0 Å². The Balaban J connectivity index is 1.52. The van der Waals surface area contributed by atoms with Crippen molar-refractivity contribution in [2.24, 2.45) is 0 Å². The first-order valence-electron chi connectivity index (χ1n) is 8.33. The summed E-state index contributed by atoms with van der Waals surface area (Å²) in [6.45, 7) is 5.99. The molecule has 0 aromatic carbocycles. The van der Waals surface area contributed by atoms with Crippen LogP contribution in [0.1, 0.15) is 10.4 Å². The molecular weight excluding hydrogens is 320 g/mol. The molecule has 0 radical (unpaired) electrons. The summed E-state index contributed by atoms with van der Waals surface area (Å²) in [5.41, 5.74) is 1.27. The summed E-state index contributed by atoms with van der Waals surface area (Å²) in [6, 6.07) is 4.29. The molecule has 3 rings (SSSR count). The molecule has 3 heterocycles. The van der Waals surface area contributed by atoms with Crippen molar-refractivity contribution in [3.8, 4) is 0 Å². The first kappa shape index (κ1) is 17.1. The molecule has 1 aliphatic heterocycles. The number of nitrogens with zero attached hydrogens (tertiary/aromatic N) is 5. The van der Waals surface area contributed by atoms with Gasteiger partial charge in [0.25, 0.3) is 0 Å². The minimum absolute atomic E-state index is 0.845. The van der Waals surface area contributed by atoms with Gasteiger partial charge in [0.1, 0.15) is 5.82 Å². The lowest BCUT2D eigenvalue weighted by Gasteiger charge is -2.33. The Morgan fingerprint density at radius 3 is 2.67 bits per heavy atom. The number of anilines is 2. The van der Waals surface area contributed by atoms with Crippen LogP contribution in [0.2, 0.25) is 0 Å². The van der Waals surface area contributed by atoms with E-state index in [-0.39, 0.29) is 0 Å². The molecule has 0 unspecified atom stereocenters. The maximum absolute atomic E-state index is 4.54. The van der Waals surface area contributed by atoms with Crippen molar-refractivity contribution in [3.05, 3.63) is 35.0 Å². The van der Waals surface area contributed by atoms with Gasteiger partial charge < -0.3 is 20.0 Å². The maximum atomic E-state index is 4.54. The van der Waals surface area contributed by atoms with Crippen LogP contribution in [0.3, 0.4) is 0 Å². The first-order chi connectivity index (χ1) is 11.6. The van der Waals surface area contributed by atoms with Gasteiger partial charge in [0, 0.05) is 70.6 Å². The van der Waals surface area contributed by atoms with Crippen molar-refractivity contribution < 1.29 is 0 Å². The lowest BCUT2D eigenvalue weighted by atomic mass is 10.2. The Labute approximate surface area is 148 Å². The van der Waals surface area contributed by atoms with Crippen LogP contribution in [-0.4, -0.2) is 62.2 Å². The van der Waals surface area contributed by atoms with Gasteiger partial charge in [-0.15, -0.1) is 11.3 Å². The van der Waals surface area contributed by atoms with E-state index in [0.717, 1.165) is 50.2 Å². The van der Waals surface area contributed by atoms with E-state index in [0.29, 0.717) is 0 Å². The van der Waals surface area contributed by atoms with Gasteiger partial charge in [0.15, 0.2) is 5.13 Å². The molecule has 1 fully saturated rings. The third-order valence-corrected chi connectivity index (χ3v) is 5.35. The SMILES string of the molecule is CN1CCN(c2cc(CNCc3cnc(N(C)C)s3)ccn2)CC1. The molecular formula is C17H26N6S. The Kier molecular flexibility index (Phi) is 5.65. The average Bonchev–Trinajstić information content (AvgIpc) is 3.05. The summed E-state index contributed by atoms with van der Waals surface area (Å²) in [5, 5.41) is 4.55. The van der Waals surface area contributed by atoms with E-state index in [1.165, 1.54) is 10.4 Å². The number of likely N-dealkylation sites (N-methyl/N-ethyl adjacent to an activating group) is 1. The average molecular weight is 347 g/mol. The Morgan fingerprint density at radius 1 is 1.17 bits per heavy atom. The second kappa shape index (κ2) is 7.92. The second-order valence-electron chi connectivity index (χ2n) is 6.42. The highest BCUT2D eigenvalue weighted by molar-refractivity contribution is 7.15. The zero-order valence-corrected chi connectivity index (χ0v) is 15.5. The molecule has 130 valence electrons. The summed E-state index contributed by atoms with van der Waals surface area (Å²) in [6.07, 6.45) is 3.87. The molecule has 24 heavy (non-hydrogen) atoms. The minimum atomic E-state index is 0.845. The Hall–Kier alpha value is -1.70. The molecule has 0 spiro atoms.